The molecule has 1 saturated heterocycles. The Labute approximate surface area is 165 Å². The average Bonchev–Trinajstić information content (AvgIpc) is 3.35. The minimum absolute atomic E-state index is 0.0284. The van der Waals surface area contributed by atoms with E-state index in [1.165, 1.54) is 12.8 Å². The molecule has 1 atom stereocenters. The minimum Gasteiger partial charge on any atom is -0.497 e. The molecule has 1 aromatic heterocycles. The van der Waals surface area contributed by atoms with Gasteiger partial charge in [0.2, 0.25) is 0 Å². The molecule has 0 aliphatic carbocycles. The van der Waals surface area contributed by atoms with Gasteiger partial charge in [-0.05, 0) is 55.8 Å². The van der Waals surface area contributed by atoms with E-state index in [2.05, 4.69) is 22.3 Å². The fraction of sp³-hybridized carbons (Fsp3) is 0.348. The van der Waals surface area contributed by atoms with Crippen molar-refractivity contribution in [3.8, 4) is 5.75 Å². The van der Waals surface area contributed by atoms with E-state index in [4.69, 9.17) is 4.74 Å². The Hall–Kier alpha value is -2.79. The number of benzene rings is 2. The summed E-state index contributed by atoms with van der Waals surface area (Å²) in [6.07, 6.45) is 2.47. The van der Waals surface area contributed by atoms with Crippen molar-refractivity contribution in [3.05, 3.63) is 65.9 Å². The molecule has 0 radical (unpaired) electrons. The first kappa shape index (κ1) is 18.6. The van der Waals surface area contributed by atoms with Gasteiger partial charge in [0, 0.05) is 24.5 Å². The van der Waals surface area contributed by atoms with Crippen LogP contribution >= 0.6 is 0 Å². The van der Waals surface area contributed by atoms with Gasteiger partial charge in [0.05, 0.1) is 13.2 Å². The third-order valence-corrected chi connectivity index (χ3v) is 5.63. The summed E-state index contributed by atoms with van der Waals surface area (Å²) in [4.78, 5) is 15.6. The van der Waals surface area contributed by atoms with Gasteiger partial charge in [0.25, 0.3) is 5.91 Å². The molecule has 5 heteroatoms. The number of fused-ring (bicyclic) bond motifs is 1. The Morgan fingerprint density at radius 2 is 1.86 bits per heavy atom. The smallest absolute Gasteiger partial charge is 0.268 e. The first-order chi connectivity index (χ1) is 13.7. The number of aryl methyl sites for hydroxylation is 1. The van der Waals surface area contributed by atoms with Crippen molar-refractivity contribution in [1.82, 2.24) is 14.8 Å². The van der Waals surface area contributed by atoms with E-state index >= 15 is 0 Å². The molecule has 146 valence electrons. The maximum atomic E-state index is 13.2. The quantitative estimate of drug-likeness (QED) is 0.712. The van der Waals surface area contributed by atoms with Crippen LogP contribution in [-0.4, -0.2) is 42.1 Å². The van der Waals surface area contributed by atoms with E-state index in [1.807, 2.05) is 54.1 Å². The van der Waals surface area contributed by atoms with Crippen molar-refractivity contribution in [2.75, 3.05) is 26.7 Å². The second kappa shape index (κ2) is 8.07. The van der Waals surface area contributed by atoms with Gasteiger partial charge in [-0.1, -0.05) is 30.3 Å². The Kier molecular flexibility index (Phi) is 5.35. The molecular weight excluding hydrogens is 350 g/mol. The second-order valence-electron chi connectivity index (χ2n) is 7.46. The SMILES string of the molecule is COc1ccc2c(c1)cc(C(=O)N[C@H](CN1CCCC1)c1ccccc1)n2C. The number of ether oxygens (including phenoxy) is 1. The molecule has 1 aliphatic rings. The number of rotatable bonds is 6. The van der Waals surface area contributed by atoms with Crippen LogP contribution in [0, 0.1) is 0 Å². The van der Waals surface area contributed by atoms with Gasteiger partial charge in [-0.15, -0.1) is 0 Å². The number of methoxy groups -OCH3 is 1. The Morgan fingerprint density at radius 3 is 2.57 bits per heavy atom. The topological polar surface area (TPSA) is 46.5 Å². The highest BCUT2D eigenvalue weighted by Crippen LogP contribution is 2.25. The number of likely N-dealkylation sites (tertiary alicyclic amines) is 1. The fourth-order valence-electron chi connectivity index (χ4n) is 4.05. The molecule has 1 N–H and O–H groups in total. The number of hydrogen-bond acceptors (Lipinski definition) is 3. The van der Waals surface area contributed by atoms with Gasteiger partial charge in [-0.25, -0.2) is 0 Å². The molecule has 5 nitrogen and oxygen atoms in total. The van der Waals surface area contributed by atoms with Crippen LogP contribution in [0.25, 0.3) is 10.9 Å². The van der Waals surface area contributed by atoms with Gasteiger partial charge in [0.1, 0.15) is 11.4 Å². The summed E-state index contributed by atoms with van der Waals surface area (Å²) in [6, 6.07) is 18.0. The highest BCUT2D eigenvalue weighted by atomic mass is 16.5. The first-order valence-corrected chi connectivity index (χ1v) is 9.87. The fourth-order valence-corrected chi connectivity index (χ4v) is 4.05. The lowest BCUT2D eigenvalue weighted by Gasteiger charge is -2.25. The molecule has 2 aromatic carbocycles. The number of nitrogens with zero attached hydrogens (tertiary/aromatic N) is 2. The number of carbonyl (C=O) groups is 1. The summed E-state index contributed by atoms with van der Waals surface area (Å²) >= 11 is 0. The lowest BCUT2D eigenvalue weighted by Crippen LogP contribution is -2.37. The van der Waals surface area contributed by atoms with E-state index in [-0.39, 0.29) is 11.9 Å². The van der Waals surface area contributed by atoms with Crippen LogP contribution in [0.3, 0.4) is 0 Å². The summed E-state index contributed by atoms with van der Waals surface area (Å²) in [7, 11) is 3.59. The van der Waals surface area contributed by atoms with Crippen molar-refractivity contribution in [2.45, 2.75) is 18.9 Å². The zero-order valence-corrected chi connectivity index (χ0v) is 16.5. The van der Waals surface area contributed by atoms with Crippen LogP contribution in [0.1, 0.15) is 34.9 Å². The molecule has 0 saturated carbocycles. The summed E-state index contributed by atoms with van der Waals surface area (Å²) in [6.45, 7) is 3.05. The molecule has 4 rings (SSSR count). The van der Waals surface area contributed by atoms with Crippen molar-refractivity contribution >= 4 is 16.8 Å². The third-order valence-electron chi connectivity index (χ3n) is 5.63. The van der Waals surface area contributed by atoms with Gasteiger partial charge in [0.15, 0.2) is 0 Å². The molecule has 0 bridgehead atoms. The summed E-state index contributed by atoms with van der Waals surface area (Å²) in [5.74, 6) is 0.743. The first-order valence-electron chi connectivity index (χ1n) is 9.87. The number of carbonyl (C=O) groups excluding carboxylic acids is 1. The lowest BCUT2D eigenvalue weighted by atomic mass is 10.1. The number of hydrogen-bond donors (Lipinski definition) is 1. The molecule has 28 heavy (non-hydrogen) atoms. The van der Waals surface area contributed by atoms with E-state index in [0.717, 1.165) is 41.9 Å². The van der Waals surface area contributed by atoms with Gasteiger partial charge < -0.3 is 19.5 Å². The van der Waals surface area contributed by atoms with Crippen LogP contribution in [0.4, 0.5) is 0 Å². The van der Waals surface area contributed by atoms with E-state index in [1.54, 1.807) is 7.11 Å². The molecule has 3 aromatic rings. The molecule has 2 heterocycles. The van der Waals surface area contributed by atoms with Crippen LogP contribution < -0.4 is 10.1 Å². The second-order valence-corrected chi connectivity index (χ2v) is 7.46. The number of nitrogens with one attached hydrogen (secondary N) is 1. The average molecular weight is 377 g/mol. The van der Waals surface area contributed by atoms with E-state index in [9.17, 15) is 4.79 Å². The molecule has 0 unspecified atom stereocenters. The molecule has 1 fully saturated rings. The highest BCUT2D eigenvalue weighted by Gasteiger charge is 2.22. The predicted molar refractivity (Wildman–Crippen MR) is 112 cm³/mol. The Morgan fingerprint density at radius 1 is 1.11 bits per heavy atom. The van der Waals surface area contributed by atoms with Crippen molar-refractivity contribution in [2.24, 2.45) is 7.05 Å². The van der Waals surface area contributed by atoms with Crippen molar-refractivity contribution in [3.63, 3.8) is 0 Å². The van der Waals surface area contributed by atoms with Crippen LogP contribution in [0.5, 0.6) is 5.75 Å². The maximum Gasteiger partial charge on any atom is 0.268 e. The van der Waals surface area contributed by atoms with Gasteiger partial charge >= 0.3 is 0 Å². The molecule has 0 spiro atoms. The highest BCUT2D eigenvalue weighted by molar-refractivity contribution is 5.99. The summed E-state index contributed by atoms with van der Waals surface area (Å²) < 4.78 is 7.26. The Balaban J connectivity index is 1.60. The van der Waals surface area contributed by atoms with Crippen LogP contribution in [-0.2, 0) is 7.05 Å². The summed E-state index contributed by atoms with van der Waals surface area (Å²) in [5, 5.41) is 4.28. The normalized spacial score (nSPS) is 15.6. The van der Waals surface area contributed by atoms with Gasteiger partial charge in [-0.3, -0.25) is 4.79 Å². The minimum atomic E-state index is -0.0503. The summed E-state index contributed by atoms with van der Waals surface area (Å²) in [5.41, 5.74) is 2.82. The number of aromatic nitrogens is 1. The van der Waals surface area contributed by atoms with Crippen LogP contribution in [0.2, 0.25) is 0 Å². The van der Waals surface area contributed by atoms with Crippen molar-refractivity contribution in [1.29, 1.82) is 0 Å². The van der Waals surface area contributed by atoms with E-state index in [0.29, 0.717) is 5.69 Å². The number of amides is 1. The molecular formula is C23H27N3O2. The largest absolute Gasteiger partial charge is 0.497 e. The standard InChI is InChI=1S/C23H27N3O2/c1-25-21-11-10-19(28-2)14-18(21)15-22(25)23(27)24-20(16-26-12-6-7-13-26)17-8-4-3-5-9-17/h3-5,8-11,14-15,20H,6-7,12-13,16H2,1-2H3,(H,24,27)/t20-/m1/s1. The predicted octanol–water partition coefficient (Wildman–Crippen LogP) is 3.75. The lowest BCUT2D eigenvalue weighted by molar-refractivity contribution is 0.0919. The van der Waals surface area contributed by atoms with Gasteiger partial charge in [-0.2, -0.15) is 0 Å². The monoisotopic (exact) mass is 377 g/mol. The molecule has 1 aliphatic heterocycles. The van der Waals surface area contributed by atoms with Crippen LogP contribution in [0.15, 0.2) is 54.6 Å². The zero-order chi connectivity index (χ0) is 19.5. The molecule has 1 amide bonds. The zero-order valence-electron chi connectivity index (χ0n) is 16.5. The van der Waals surface area contributed by atoms with E-state index < -0.39 is 0 Å². The third kappa shape index (κ3) is 3.76. The Bertz CT molecular complexity index is 959. The van der Waals surface area contributed by atoms with Crippen molar-refractivity contribution < 1.29 is 9.53 Å². The maximum absolute atomic E-state index is 13.2.